The molecule has 2 unspecified atom stereocenters. The molecule has 1 aliphatic rings. The van der Waals surface area contributed by atoms with Crippen LogP contribution in [-0.4, -0.2) is 31.1 Å². The molecular weight excluding hydrogens is 354 g/mol. The minimum atomic E-state index is 0.00733. The molecule has 27 heavy (non-hydrogen) atoms. The van der Waals surface area contributed by atoms with Crippen molar-refractivity contribution in [3.05, 3.63) is 78.5 Å². The fourth-order valence-electron chi connectivity index (χ4n) is 3.64. The van der Waals surface area contributed by atoms with Gasteiger partial charge in [-0.05, 0) is 55.0 Å². The minimum Gasteiger partial charge on any atom is -0.352 e. The van der Waals surface area contributed by atoms with Crippen LogP contribution in [0.25, 0.3) is 5.82 Å². The van der Waals surface area contributed by atoms with Crippen molar-refractivity contribution >= 4 is 17.3 Å². The van der Waals surface area contributed by atoms with Crippen LogP contribution in [0.4, 0.5) is 0 Å². The van der Waals surface area contributed by atoms with E-state index >= 15 is 0 Å². The van der Waals surface area contributed by atoms with Gasteiger partial charge in [-0.1, -0.05) is 25.5 Å². The normalized spacial score (nSPS) is 19.3. The van der Waals surface area contributed by atoms with E-state index in [1.807, 2.05) is 42.7 Å². The highest BCUT2D eigenvalue weighted by atomic mass is 32.1. The van der Waals surface area contributed by atoms with Crippen LogP contribution in [0.15, 0.2) is 67.1 Å². The zero-order valence-electron chi connectivity index (χ0n) is 15.3. The summed E-state index contributed by atoms with van der Waals surface area (Å²) in [5, 5.41) is 4.30. The zero-order valence-corrected chi connectivity index (χ0v) is 16.1. The molecule has 5 nitrogen and oxygen atoms in total. The Kier molecular flexibility index (Phi) is 5.16. The number of rotatable bonds is 6. The topological polar surface area (TPSA) is 46.0 Å². The molecule has 0 spiro atoms. The summed E-state index contributed by atoms with van der Waals surface area (Å²) in [5.74, 6) is 0.908. The predicted octanol–water partition coefficient (Wildman–Crippen LogP) is 4.04. The van der Waals surface area contributed by atoms with Crippen molar-refractivity contribution in [2.24, 2.45) is 0 Å². The van der Waals surface area contributed by atoms with Gasteiger partial charge in [-0.15, -0.1) is 0 Å². The Morgan fingerprint density at radius 2 is 1.85 bits per heavy atom. The van der Waals surface area contributed by atoms with Crippen molar-refractivity contribution in [1.82, 2.24) is 24.8 Å². The van der Waals surface area contributed by atoms with Crippen LogP contribution in [0.3, 0.4) is 0 Å². The van der Waals surface area contributed by atoms with Crippen molar-refractivity contribution < 1.29 is 0 Å². The lowest BCUT2D eigenvalue weighted by atomic mass is 10.0. The summed E-state index contributed by atoms with van der Waals surface area (Å²) in [6, 6.07) is 16.3. The molecule has 6 heteroatoms. The third-order valence-electron chi connectivity index (χ3n) is 4.93. The van der Waals surface area contributed by atoms with E-state index < -0.39 is 0 Å². The average Bonchev–Trinajstić information content (AvgIpc) is 3.32. The molecule has 3 aromatic rings. The molecule has 0 amide bonds. The maximum absolute atomic E-state index is 5.70. The quantitative estimate of drug-likeness (QED) is 0.657. The van der Waals surface area contributed by atoms with Gasteiger partial charge < -0.3 is 14.8 Å². The number of hydrogen-bond acceptors (Lipinski definition) is 3. The first kappa shape index (κ1) is 17.7. The molecule has 1 saturated heterocycles. The van der Waals surface area contributed by atoms with Crippen LogP contribution in [0.5, 0.6) is 0 Å². The standard InChI is InChI=1S/C21H23N5S/c1-2-3-14-26-20(19(24-21(26)27)16-9-4-6-12-22-16)17-10-8-15-25(17)18-11-5-7-13-23-18/h4-13,15,19-20H,2-3,14H2,1H3,(H,24,27). The van der Waals surface area contributed by atoms with Gasteiger partial charge in [-0.25, -0.2) is 4.98 Å². The summed E-state index contributed by atoms with van der Waals surface area (Å²) >= 11 is 5.70. The smallest absolute Gasteiger partial charge is 0.170 e. The molecular formula is C21H23N5S. The first-order valence-corrected chi connectivity index (χ1v) is 9.77. The van der Waals surface area contributed by atoms with Crippen LogP contribution in [0, 0.1) is 0 Å². The van der Waals surface area contributed by atoms with Crippen LogP contribution < -0.4 is 5.32 Å². The Bertz CT molecular complexity index is 893. The van der Waals surface area contributed by atoms with Gasteiger partial charge in [0.2, 0.25) is 0 Å². The van der Waals surface area contributed by atoms with E-state index in [4.69, 9.17) is 12.2 Å². The van der Waals surface area contributed by atoms with Crippen LogP contribution in [0.2, 0.25) is 0 Å². The van der Waals surface area contributed by atoms with Gasteiger partial charge >= 0.3 is 0 Å². The summed E-state index contributed by atoms with van der Waals surface area (Å²) in [6.07, 6.45) is 7.94. The Morgan fingerprint density at radius 3 is 2.56 bits per heavy atom. The molecule has 0 radical (unpaired) electrons. The number of unbranched alkanes of at least 4 members (excludes halogenated alkanes) is 1. The van der Waals surface area contributed by atoms with E-state index in [0.29, 0.717) is 0 Å². The Morgan fingerprint density at radius 1 is 1.04 bits per heavy atom. The lowest BCUT2D eigenvalue weighted by molar-refractivity contribution is 0.304. The molecule has 4 rings (SSSR count). The third kappa shape index (κ3) is 3.45. The van der Waals surface area contributed by atoms with E-state index in [-0.39, 0.29) is 12.1 Å². The van der Waals surface area contributed by atoms with Gasteiger partial charge in [0.1, 0.15) is 5.82 Å². The molecule has 1 N–H and O–H groups in total. The Hall–Kier alpha value is -2.73. The molecule has 1 aliphatic heterocycles. The van der Waals surface area contributed by atoms with Gasteiger partial charge in [-0.2, -0.15) is 0 Å². The molecule has 0 aliphatic carbocycles. The lowest BCUT2D eigenvalue weighted by Gasteiger charge is -2.28. The summed E-state index contributed by atoms with van der Waals surface area (Å²) in [7, 11) is 0. The second-order valence-corrected chi connectivity index (χ2v) is 7.05. The van der Waals surface area contributed by atoms with E-state index in [2.05, 4.69) is 56.1 Å². The number of aromatic nitrogens is 3. The van der Waals surface area contributed by atoms with Crippen LogP contribution in [0.1, 0.15) is 43.2 Å². The first-order chi connectivity index (χ1) is 13.3. The molecule has 2 atom stereocenters. The van der Waals surface area contributed by atoms with Crippen molar-refractivity contribution in [3.8, 4) is 5.82 Å². The van der Waals surface area contributed by atoms with Gasteiger partial charge in [0, 0.05) is 30.8 Å². The fraction of sp³-hybridized carbons (Fsp3) is 0.286. The van der Waals surface area contributed by atoms with Gasteiger partial charge in [0.05, 0.1) is 17.8 Å². The van der Waals surface area contributed by atoms with Gasteiger partial charge in [-0.3, -0.25) is 4.98 Å². The number of nitrogens with zero attached hydrogens (tertiary/aromatic N) is 4. The fourth-order valence-corrected chi connectivity index (χ4v) is 3.97. The molecule has 0 saturated carbocycles. The first-order valence-electron chi connectivity index (χ1n) is 9.36. The highest BCUT2D eigenvalue weighted by molar-refractivity contribution is 7.80. The van der Waals surface area contributed by atoms with Crippen molar-refractivity contribution in [1.29, 1.82) is 0 Å². The Balaban J connectivity index is 1.78. The predicted molar refractivity (Wildman–Crippen MR) is 111 cm³/mol. The summed E-state index contributed by atoms with van der Waals surface area (Å²) in [6.45, 7) is 3.12. The molecule has 1 fully saturated rings. The molecule has 138 valence electrons. The summed E-state index contributed by atoms with van der Waals surface area (Å²) in [4.78, 5) is 11.4. The number of hydrogen-bond donors (Lipinski definition) is 1. The maximum atomic E-state index is 5.70. The second-order valence-electron chi connectivity index (χ2n) is 6.66. The highest BCUT2D eigenvalue weighted by Crippen LogP contribution is 2.39. The van der Waals surface area contributed by atoms with E-state index in [0.717, 1.165) is 41.7 Å². The van der Waals surface area contributed by atoms with Gasteiger partial charge in [0.25, 0.3) is 0 Å². The third-order valence-corrected chi connectivity index (χ3v) is 5.28. The van der Waals surface area contributed by atoms with Crippen LogP contribution >= 0.6 is 12.2 Å². The number of thiocarbonyl (C=S) groups is 1. The van der Waals surface area contributed by atoms with Gasteiger partial charge in [0.15, 0.2) is 5.11 Å². The molecule has 3 aromatic heterocycles. The van der Waals surface area contributed by atoms with E-state index in [1.165, 1.54) is 0 Å². The van der Waals surface area contributed by atoms with E-state index in [9.17, 15) is 0 Å². The average molecular weight is 378 g/mol. The van der Waals surface area contributed by atoms with E-state index in [1.54, 1.807) is 0 Å². The summed E-state index contributed by atoms with van der Waals surface area (Å²) in [5.41, 5.74) is 2.16. The SMILES string of the molecule is CCCCN1C(=S)NC(c2ccccn2)C1c1cccn1-c1ccccn1. The highest BCUT2D eigenvalue weighted by Gasteiger charge is 2.40. The largest absolute Gasteiger partial charge is 0.352 e. The number of nitrogens with one attached hydrogen (secondary N) is 1. The van der Waals surface area contributed by atoms with Crippen molar-refractivity contribution in [3.63, 3.8) is 0 Å². The Labute approximate surface area is 165 Å². The monoisotopic (exact) mass is 377 g/mol. The maximum Gasteiger partial charge on any atom is 0.170 e. The minimum absolute atomic E-state index is 0.00733. The lowest BCUT2D eigenvalue weighted by Crippen LogP contribution is -2.31. The zero-order chi connectivity index (χ0) is 18.6. The van der Waals surface area contributed by atoms with Crippen molar-refractivity contribution in [2.45, 2.75) is 31.8 Å². The molecule has 0 bridgehead atoms. The molecule has 4 heterocycles. The summed E-state index contributed by atoms with van der Waals surface area (Å²) < 4.78 is 2.15. The second kappa shape index (κ2) is 7.88. The molecule has 0 aromatic carbocycles. The van der Waals surface area contributed by atoms with Crippen LogP contribution in [-0.2, 0) is 0 Å². The van der Waals surface area contributed by atoms with Crippen molar-refractivity contribution in [2.75, 3.05) is 6.54 Å². The number of pyridine rings is 2.